The molecule has 3 N–H and O–H groups in total. The molecule has 0 radical (unpaired) electrons. The van der Waals surface area contributed by atoms with Gasteiger partial charge < -0.3 is 5.73 Å². The first-order valence-corrected chi connectivity index (χ1v) is 8.04. The molecule has 1 heterocycles. The van der Waals surface area contributed by atoms with Crippen LogP contribution in [-0.4, -0.2) is 38.4 Å². The molecule has 17 heavy (non-hydrogen) atoms. The molecule has 1 unspecified atom stereocenters. The highest BCUT2D eigenvalue weighted by Crippen LogP contribution is 2.25. The van der Waals surface area contributed by atoms with Crippen molar-refractivity contribution in [1.29, 1.82) is 0 Å². The van der Waals surface area contributed by atoms with Crippen LogP contribution in [0.1, 0.15) is 38.5 Å². The Kier molecular flexibility index (Phi) is 4.41. The molecule has 1 saturated carbocycles. The van der Waals surface area contributed by atoms with Crippen molar-refractivity contribution in [2.75, 3.05) is 19.6 Å². The monoisotopic (exact) mass is 261 g/mol. The predicted molar refractivity (Wildman–Crippen MR) is 67.7 cm³/mol. The van der Waals surface area contributed by atoms with Crippen LogP contribution >= 0.6 is 0 Å². The van der Waals surface area contributed by atoms with Gasteiger partial charge in [0.05, 0.1) is 0 Å². The second-order valence-electron chi connectivity index (χ2n) is 5.17. The van der Waals surface area contributed by atoms with Gasteiger partial charge in [0, 0.05) is 19.1 Å². The fourth-order valence-electron chi connectivity index (χ4n) is 2.77. The average molecular weight is 261 g/mol. The summed E-state index contributed by atoms with van der Waals surface area (Å²) in [5.41, 5.74) is 5.65. The van der Waals surface area contributed by atoms with Gasteiger partial charge in [-0.3, -0.25) is 0 Å². The first-order chi connectivity index (χ1) is 8.13. The molecule has 6 heteroatoms. The fraction of sp³-hybridized carbons (Fsp3) is 1.00. The Balaban J connectivity index is 2.08. The molecule has 1 saturated heterocycles. The van der Waals surface area contributed by atoms with E-state index in [0.29, 0.717) is 19.6 Å². The Labute approximate surface area is 104 Å². The van der Waals surface area contributed by atoms with E-state index in [1.165, 1.54) is 12.8 Å². The summed E-state index contributed by atoms with van der Waals surface area (Å²) in [5.74, 6) is 0.252. The lowest BCUT2D eigenvalue weighted by Gasteiger charge is -2.37. The Morgan fingerprint density at radius 2 is 1.82 bits per heavy atom. The Morgan fingerprint density at radius 3 is 2.41 bits per heavy atom. The summed E-state index contributed by atoms with van der Waals surface area (Å²) < 4.78 is 28.4. The SMILES string of the molecule is NCC1CNS(=O)(=O)N(C2CCCCCC2)C1. The van der Waals surface area contributed by atoms with Crippen LogP contribution in [0.5, 0.6) is 0 Å². The molecule has 100 valence electrons. The van der Waals surface area contributed by atoms with Crippen molar-refractivity contribution >= 4 is 10.2 Å². The summed E-state index contributed by atoms with van der Waals surface area (Å²) >= 11 is 0. The zero-order valence-electron chi connectivity index (χ0n) is 10.3. The maximum atomic E-state index is 12.0. The lowest BCUT2D eigenvalue weighted by Crippen LogP contribution is -2.56. The molecular weight excluding hydrogens is 238 g/mol. The molecule has 2 aliphatic rings. The van der Waals surface area contributed by atoms with E-state index in [4.69, 9.17) is 5.73 Å². The normalized spacial score (nSPS) is 32.2. The molecule has 2 fully saturated rings. The molecule has 1 atom stereocenters. The van der Waals surface area contributed by atoms with E-state index in [0.717, 1.165) is 25.7 Å². The number of rotatable bonds is 2. The largest absolute Gasteiger partial charge is 0.330 e. The summed E-state index contributed by atoms with van der Waals surface area (Å²) in [5, 5.41) is 0. The quantitative estimate of drug-likeness (QED) is 0.708. The van der Waals surface area contributed by atoms with Crippen molar-refractivity contribution in [2.45, 2.75) is 44.6 Å². The lowest BCUT2D eigenvalue weighted by atomic mass is 10.1. The summed E-state index contributed by atoms with van der Waals surface area (Å²) in [6, 6.07) is 0.185. The van der Waals surface area contributed by atoms with Gasteiger partial charge in [0.25, 0.3) is 10.2 Å². The molecule has 0 spiro atoms. The summed E-state index contributed by atoms with van der Waals surface area (Å²) in [7, 11) is -3.25. The van der Waals surface area contributed by atoms with Crippen LogP contribution in [0.3, 0.4) is 0 Å². The van der Waals surface area contributed by atoms with Crippen molar-refractivity contribution in [3.05, 3.63) is 0 Å². The molecule has 5 nitrogen and oxygen atoms in total. The standard InChI is InChI=1S/C11H23N3O2S/c12-7-10-8-13-17(15,16)14(9-10)11-5-3-1-2-4-6-11/h10-11,13H,1-9,12H2. The van der Waals surface area contributed by atoms with E-state index in [1.807, 2.05) is 0 Å². The van der Waals surface area contributed by atoms with E-state index in [2.05, 4.69) is 4.72 Å². The minimum absolute atomic E-state index is 0.185. The van der Waals surface area contributed by atoms with Gasteiger partial charge in [-0.05, 0) is 25.3 Å². The zero-order valence-corrected chi connectivity index (χ0v) is 11.1. The maximum Gasteiger partial charge on any atom is 0.279 e. The van der Waals surface area contributed by atoms with E-state index < -0.39 is 10.2 Å². The first-order valence-electron chi connectivity index (χ1n) is 6.60. The number of hydrogen-bond donors (Lipinski definition) is 2. The molecule has 0 aromatic rings. The third-order valence-electron chi connectivity index (χ3n) is 3.87. The van der Waals surface area contributed by atoms with Gasteiger partial charge in [0.2, 0.25) is 0 Å². The van der Waals surface area contributed by atoms with Crippen LogP contribution in [0.15, 0.2) is 0 Å². The summed E-state index contributed by atoms with van der Waals surface area (Å²) in [4.78, 5) is 0. The van der Waals surface area contributed by atoms with Crippen molar-refractivity contribution in [3.8, 4) is 0 Å². The Bertz CT molecular complexity index is 337. The number of nitrogens with one attached hydrogen (secondary N) is 1. The zero-order chi connectivity index (χ0) is 12.3. The maximum absolute atomic E-state index is 12.0. The third-order valence-corrected chi connectivity index (χ3v) is 5.46. The topological polar surface area (TPSA) is 75.4 Å². The van der Waals surface area contributed by atoms with Gasteiger partial charge in [0.15, 0.2) is 0 Å². The van der Waals surface area contributed by atoms with E-state index in [9.17, 15) is 8.42 Å². The molecule has 1 aliphatic carbocycles. The van der Waals surface area contributed by atoms with Crippen LogP contribution in [0.2, 0.25) is 0 Å². The summed E-state index contributed by atoms with van der Waals surface area (Å²) in [6.45, 7) is 1.63. The smallest absolute Gasteiger partial charge is 0.279 e. The van der Waals surface area contributed by atoms with Gasteiger partial charge >= 0.3 is 0 Å². The highest BCUT2D eigenvalue weighted by Gasteiger charge is 2.35. The summed E-state index contributed by atoms with van der Waals surface area (Å²) in [6.07, 6.45) is 6.75. The Hall–Kier alpha value is -0.170. The van der Waals surface area contributed by atoms with Gasteiger partial charge in [0.1, 0.15) is 0 Å². The van der Waals surface area contributed by atoms with Crippen LogP contribution in [0.25, 0.3) is 0 Å². The number of hydrogen-bond acceptors (Lipinski definition) is 3. The molecule has 1 aliphatic heterocycles. The first kappa shape index (κ1) is 13.3. The van der Waals surface area contributed by atoms with E-state index >= 15 is 0 Å². The number of nitrogens with zero attached hydrogens (tertiary/aromatic N) is 1. The van der Waals surface area contributed by atoms with Crippen molar-refractivity contribution in [1.82, 2.24) is 9.03 Å². The van der Waals surface area contributed by atoms with Gasteiger partial charge in [-0.25, -0.2) is 4.72 Å². The highest BCUT2D eigenvalue weighted by atomic mass is 32.2. The highest BCUT2D eigenvalue weighted by molar-refractivity contribution is 7.87. The van der Waals surface area contributed by atoms with Crippen molar-refractivity contribution in [2.24, 2.45) is 11.7 Å². The molecule has 0 aromatic heterocycles. The van der Waals surface area contributed by atoms with Gasteiger partial charge in [-0.1, -0.05) is 25.7 Å². The second kappa shape index (κ2) is 5.65. The molecule has 0 aromatic carbocycles. The number of nitrogens with two attached hydrogens (primary N) is 1. The van der Waals surface area contributed by atoms with Gasteiger partial charge in [-0.15, -0.1) is 0 Å². The molecule has 0 bridgehead atoms. The van der Waals surface area contributed by atoms with Crippen molar-refractivity contribution < 1.29 is 8.42 Å². The minimum Gasteiger partial charge on any atom is -0.330 e. The van der Waals surface area contributed by atoms with Crippen molar-refractivity contribution in [3.63, 3.8) is 0 Å². The fourth-order valence-corrected chi connectivity index (χ4v) is 4.39. The van der Waals surface area contributed by atoms with Crippen LogP contribution in [0.4, 0.5) is 0 Å². The minimum atomic E-state index is -3.25. The third kappa shape index (κ3) is 3.19. The second-order valence-corrected chi connectivity index (χ2v) is 6.88. The molecule has 2 rings (SSSR count). The predicted octanol–water partition coefficient (Wildman–Crippen LogP) is 0.434. The van der Waals surface area contributed by atoms with Crippen LogP contribution in [0, 0.1) is 5.92 Å². The average Bonchev–Trinajstić information content (AvgIpc) is 2.57. The molecule has 0 amide bonds. The molecular formula is C11H23N3O2S. The lowest BCUT2D eigenvalue weighted by molar-refractivity contribution is 0.235. The van der Waals surface area contributed by atoms with E-state index in [-0.39, 0.29) is 12.0 Å². The van der Waals surface area contributed by atoms with Crippen LogP contribution < -0.4 is 10.5 Å². The van der Waals surface area contributed by atoms with E-state index in [1.54, 1.807) is 4.31 Å². The van der Waals surface area contributed by atoms with Crippen LogP contribution in [-0.2, 0) is 10.2 Å². The Morgan fingerprint density at radius 1 is 1.18 bits per heavy atom. The van der Waals surface area contributed by atoms with Gasteiger partial charge in [-0.2, -0.15) is 12.7 Å².